The number of ether oxygens (including phenoxy) is 1. The maximum Gasteiger partial charge on any atom is 0.282 e. The third kappa shape index (κ3) is 17.4. The summed E-state index contributed by atoms with van der Waals surface area (Å²) in [5.74, 6) is 0.906. The van der Waals surface area contributed by atoms with Gasteiger partial charge in [0.25, 0.3) is 41.2 Å². The van der Waals surface area contributed by atoms with E-state index in [0.29, 0.717) is 93.0 Å². The van der Waals surface area contributed by atoms with Gasteiger partial charge in [-0.1, -0.05) is 156 Å². The Kier molecular flexibility index (Phi) is 22.7. The Morgan fingerprint density at radius 2 is 1.19 bits per heavy atom. The lowest BCUT2D eigenvalue weighted by molar-refractivity contribution is -0.700. The molecule has 26 heteroatoms. The minimum Gasteiger partial charge on any atom is -0.439 e. The van der Waals surface area contributed by atoms with Gasteiger partial charge in [0, 0.05) is 75.3 Å². The van der Waals surface area contributed by atoms with Crippen molar-refractivity contribution in [2.45, 2.75) is 90.8 Å². The summed E-state index contributed by atoms with van der Waals surface area (Å²) in [6, 6.07) is 39.3. The van der Waals surface area contributed by atoms with Crippen LogP contribution in [0.15, 0.2) is 157 Å². The largest absolute Gasteiger partial charge is 0.439 e. The minimum absolute atomic E-state index is 0.0623. The van der Waals surface area contributed by atoms with Crippen molar-refractivity contribution < 1.29 is 57.6 Å². The fourth-order valence-electron chi connectivity index (χ4n) is 11.9. The number of carbonyl (C=O) groups excluding carboxylic acids is 1. The van der Waals surface area contributed by atoms with E-state index >= 15 is 0 Å². The van der Waals surface area contributed by atoms with Gasteiger partial charge in [0.05, 0.1) is 68.0 Å². The summed E-state index contributed by atoms with van der Waals surface area (Å²) in [6.45, 7) is 5.17. The summed E-state index contributed by atoms with van der Waals surface area (Å²) in [6.07, 6.45) is 13.8. The number of anilines is 3. The molecule has 2 aliphatic rings. The smallest absolute Gasteiger partial charge is 0.282 e. The number of nitrogens with one attached hydrogen (secondary N) is 1. The Bertz CT molecular complexity index is 4620. The van der Waals surface area contributed by atoms with E-state index in [2.05, 4.69) is 58.1 Å². The molecule has 2 aliphatic heterocycles. The van der Waals surface area contributed by atoms with Gasteiger partial charge < -0.3 is 19.4 Å². The first-order valence-electron chi connectivity index (χ1n) is 30.9. The third-order valence-corrected chi connectivity index (χ3v) is 21.3. The molecule has 496 valence electrons. The number of fused-ring (bicyclic) bond motifs is 4. The Morgan fingerprint density at radius 3 is 1.81 bits per heavy atom. The number of halogens is 4. The van der Waals surface area contributed by atoms with Crippen molar-refractivity contribution in [1.29, 1.82) is 0 Å². The van der Waals surface area contributed by atoms with Gasteiger partial charge in [-0.25, -0.2) is 9.13 Å². The third-order valence-electron chi connectivity index (χ3n) is 16.4. The number of unbranched alkanes of at least 4 members (excludes halogenated alkanes) is 3. The molecule has 18 nitrogen and oxygen atoms in total. The van der Waals surface area contributed by atoms with E-state index in [-0.39, 0.29) is 56.2 Å². The summed E-state index contributed by atoms with van der Waals surface area (Å²) in [5.41, 5.74) is 9.35. The average Bonchev–Trinajstić information content (AvgIpc) is 1.63. The molecule has 0 spiro atoms. The predicted molar refractivity (Wildman–Crippen MR) is 379 cm³/mol. The standard InChI is InChI=1S/C68H71Cl4N7O11S4/c1-4-5-23-63(79-60-41-50(48-21-11-7-12-22-48)28-30-62(60)91-68(79)39-46(2)38-67-78(34-18-37-94(87,88)89)59-40-49(27-29-61(59)90-67)47-19-9-6-10-20-47)73-64(80)24-13-8-14-31-76-57-44-53(71)54(72)45-58(57)77(33-17-36-93(84,85)86)66(76)26-15-25-65-74(3)55-42-51(69)52(70)43-56(55)75(65)32-16-35-92(81,82)83/h6-7,9-12,15,19-22,25-30,38-45,63H,4-5,8,13-14,16-18,23-24,31-37H2,1-3H3,(H2-2,73,80,81,82,83,84,85,86,87,88,89)/p+2. The number of imidazole rings is 1. The average molecular weight is 1430 g/mol. The molecule has 1 amide bonds. The van der Waals surface area contributed by atoms with Crippen LogP contribution in [0.1, 0.15) is 95.1 Å². The number of nitrogens with zero attached hydrogens (tertiary/aromatic N) is 6. The van der Waals surface area contributed by atoms with Crippen LogP contribution in [-0.4, -0.2) is 86.3 Å². The lowest BCUT2D eigenvalue weighted by Gasteiger charge is -2.25. The van der Waals surface area contributed by atoms with Crippen LogP contribution in [0.3, 0.4) is 0 Å². The maximum absolute atomic E-state index is 14.5. The van der Waals surface area contributed by atoms with Gasteiger partial charge in [0.15, 0.2) is 16.8 Å². The minimum atomic E-state index is -4.31. The summed E-state index contributed by atoms with van der Waals surface area (Å²) < 4.78 is 114. The number of hydrogen-bond acceptors (Lipinski definition) is 12. The van der Waals surface area contributed by atoms with Crippen LogP contribution in [0, 0.1) is 0 Å². The van der Waals surface area contributed by atoms with Gasteiger partial charge in [-0.2, -0.15) is 29.8 Å². The number of amides is 1. The van der Waals surface area contributed by atoms with Gasteiger partial charge in [-0.3, -0.25) is 23.8 Å². The molecule has 8 aromatic rings. The maximum atomic E-state index is 14.5. The summed E-state index contributed by atoms with van der Waals surface area (Å²) >= 11 is 28.0. The molecular weight excluding hydrogens is 1360 g/mol. The van der Waals surface area contributed by atoms with Gasteiger partial charge >= 0.3 is 0 Å². The molecule has 0 fully saturated rings. The highest BCUT2D eigenvalue weighted by Crippen LogP contribution is 2.47. The molecule has 6 aromatic carbocycles. The summed E-state index contributed by atoms with van der Waals surface area (Å²) in [5, 5.41) is 5.54. The van der Waals surface area contributed by atoms with Crippen molar-refractivity contribution in [3.63, 3.8) is 0 Å². The van der Waals surface area contributed by atoms with E-state index in [1.807, 2.05) is 124 Å². The molecule has 10 rings (SSSR count). The first kappa shape index (κ1) is 70.0. The second kappa shape index (κ2) is 30.5. The molecule has 2 aromatic heterocycles. The Hall–Kier alpha value is -6.80. The number of benzene rings is 6. The fraction of sp³-hybridized carbons (Fsp3) is 0.309. The van der Waals surface area contributed by atoms with Gasteiger partial charge in [0.2, 0.25) is 23.5 Å². The topological polar surface area (TPSA) is 224 Å². The van der Waals surface area contributed by atoms with Crippen LogP contribution < -0.4 is 33.9 Å². The molecule has 0 aliphatic carbocycles. The Balaban J connectivity index is 0.915. The summed E-state index contributed by atoms with van der Waals surface area (Å²) in [7, 11) is -10.9. The van der Waals surface area contributed by atoms with Crippen molar-refractivity contribution in [2.75, 3.05) is 51.6 Å². The number of allylic oxidation sites excluding steroid dienone is 4. The molecule has 0 radical (unpaired) electrons. The van der Waals surface area contributed by atoms with E-state index < -0.39 is 53.8 Å². The van der Waals surface area contributed by atoms with Crippen LogP contribution >= 0.6 is 57.7 Å². The quantitative estimate of drug-likeness (QED) is 0.0194. The summed E-state index contributed by atoms with van der Waals surface area (Å²) in [4.78, 5) is 20.4. The van der Waals surface area contributed by atoms with E-state index in [1.54, 1.807) is 35.6 Å². The van der Waals surface area contributed by atoms with Crippen LogP contribution in [0.2, 0.25) is 20.1 Å². The van der Waals surface area contributed by atoms with E-state index in [9.17, 15) is 43.7 Å². The molecule has 4 heterocycles. The van der Waals surface area contributed by atoms with Crippen molar-refractivity contribution in [3.05, 3.63) is 188 Å². The highest BCUT2D eigenvalue weighted by molar-refractivity contribution is 7.86. The Labute approximate surface area is 572 Å². The fourth-order valence-corrected chi connectivity index (χ4v) is 15.3. The monoisotopic (exact) mass is 1430 g/mol. The van der Waals surface area contributed by atoms with Gasteiger partial charge in [-0.05, 0) is 103 Å². The number of thiazole rings is 1. The number of carbonyl (C=O) groups is 1. The second-order valence-electron chi connectivity index (χ2n) is 23.3. The molecular formula is C68H73Cl4N7O11S4+2. The number of aryl methyl sites for hydroxylation is 2. The van der Waals surface area contributed by atoms with Crippen LogP contribution in [0.4, 0.5) is 17.1 Å². The zero-order valence-corrected chi connectivity index (χ0v) is 58.3. The molecule has 0 bridgehead atoms. The van der Waals surface area contributed by atoms with Crippen LogP contribution in [-0.2, 0) is 48.7 Å². The molecule has 1 unspecified atom stereocenters. The second-order valence-corrected chi connectivity index (χ2v) is 30.7. The highest BCUT2D eigenvalue weighted by atomic mass is 35.5. The van der Waals surface area contributed by atoms with Crippen molar-refractivity contribution in [1.82, 2.24) is 9.88 Å². The van der Waals surface area contributed by atoms with E-state index in [4.69, 9.17) is 51.1 Å². The van der Waals surface area contributed by atoms with Crippen molar-refractivity contribution in [2.24, 2.45) is 7.05 Å². The molecule has 1 atom stereocenters. The molecule has 94 heavy (non-hydrogen) atoms. The number of hydrogen-bond donors (Lipinski definition) is 4. The van der Waals surface area contributed by atoms with Crippen molar-refractivity contribution >= 4 is 144 Å². The predicted octanol–water partition coefficient (Wildman–Crippen LogP) is 15.1. The zero-order valence-electron chi connectivity index (χ0n) is 52.0. The number of aromatic nitrogens is 3. The molecule has 4 N–H and O–H groups in total. The molecule has 0 saturated carbocycles. The molecule has 0 saturated heterocycles. The zero-order chi connectivity index (χ0) is 67.1. The lowest BCUT2D eigenvalue weighted by atomic mass is 10.0. The first-order valence-corrected chi connectivity index (χ1v) is 38.0. The van der Waals surface area contributed by atoms with Crippen molar-refractivity contribution in [3.8, 4) is 28.0 Å². The first-order chi connectivity index (χ1) is 44.8. The highest BCUT2D eigenvalue weighted by Gasteiger charge is 2.34. The van der Waals surface area contributed by atoms with Crippen LogP contribution in [0.5, 0.6) is 5.75 Å². The SMILES string of the molecule is CCCCC(NC(=O)CCCCCN1C(=CC=Cc2n(CCCS(=O)(=O)O)c3cc(Cl)c(Cl)cc3[n+]2C)N(CCCS(=O)(=O)O)c2cc(Cl)c(Cl)cc21)[n+]1c(C=C(C)C=C2Oc3ccc(-c4ccccc4)cc3N2CCCS(=O)(=O)O)sc2ccc(-c3ccccc3)cc21. The van der Waals surface area contributed by atoms with E-state index in [0.717, 1.165) is 61.6 Å². The normalized spacial score (nSPS) is 14.9. The van der Waals surface area contributed by atoms with E-state index in [1.165, 1.54) is 0 Å². The lowest BCUT2D eigenvalue weighted by Crippen LogP contribution is -2.50. The van der Waals surface area contributed by atoms with Crippen LogP contribution in [0.25, 0.3) is 55.7 Å². The number of rotatable bonds is 29. The van der Waals surface area contributed by atoms with Gasteiger partial charge in [-0.15, -0.1) is 0 Å². The Morgan fingerprint density at radius 1 is 0.628 bits per heavy atom. The van der Waals surface area contributed by atoms with Gasteiger partial charge in [0.1, 0.15) is 10.5 Å².